The molecule has 0 N–H and O–H groups in total. The molecule has 1 aliphatic heterocycles. The highest BCUT2D eigenvalue weighted by Gasteiger charge is 2.23. The summed E-state index contributed by atoms with van der Waals surface area (Å²) < 4.78 is 11.2. The Morgan fingerprint density at radius 1 is 1.43 bits per heavy atom. The number of carbonyl (C=O) groups is 1. The Balaban J connectivity index is 1.76. The van der Waals surface area contributed by atoms with Crippen LogP contribution in [0.25, 0.3) is 11.5 Å². The van der Waals surface area contributed by atoms with E-state index in [9.17, 15) is 4.79 Å². The van der Waals surface area contributed by atoms with Crippen LogP contribution in [0.5, 0.6) is 0 Å². The fourth-order valence-corrected chi connectivity index (χ4v) is 2.86. The summed E-state index contributed by atoms with van der Waals surface area (Å²) in [7, 11) is 0. The van der Waals surface area contributed by atoms with Crippen molar-refractivity contribution in [2.45, 2.75) is 26.4 Å². The van der Waals surface area contributed by atoms with E-state index in [1.165, 1.54) is 0 Å². The molecule has 122 valence electrons. The number of hydrogen-bond acceptors (Lipinski definition) is 4. The lowest BCUT2D eigenvalue weighted by Crippen LogP contribution is -2.45. The summed E-state index contributed by atoms with van der Waals surface area (Å²) in [6.07, 6.45) is 0.303. The maximum Gasteiger partial charge on any atom is 0.228 e. The van der Waals surface area contributed by atoms with Gasteiger partial charge in [-0.3, -0.25) is 4.79 Å². The minimum Gasteiger partial charge on any atom is -0.441 e. The summed E-state index contributed by atoms with van der Waals surface area (Å²) in [5.41, 5.74) is 1.39. The van der Waals surface area contributed by atoms with Crippen LogP contribution >= 0.6 is 11.6 Å². The summed E-state index contributed by atoms with van der Waals surface area (Å²) in [5.74, 6) is 1.14. The van der Waals surface area contributed by atoms with E-state index < -0.39 is 0 Å². The first kappa shape index (κ1) is 16.0. The Kier molecular flexibility index (Phi) is 4.68. The number of rotatable bonds is 3. The Hall–Kier alpha value is -1.85. The standard InChI is InChI=1S/C17H19ClN2O3/c1-11-10-20(7-8-22-11)16(21)9-15-12(2)23-17(19-15)13-5-3-4-6-14(13)18/h3-6,11H,7-10H2,1-2H3. The highest BCUT2D eigenvalue weighted by atomic mass is 35.5. The van der Waals surface area contributed by atoms with E-state index in [1.807, 2.05) is 36.9 Å². The van der Waals surface area contributed by atoms with Crippen LogP contribution in [0.4, 0.5) is 0 Å². The molecule has 6 heteroatoms. The van der Waals surface area contributed by atoms with Gasteiger partial charge >= 0.3 is 0 Å². The summed E-state index contributed by atoms with van der Waals surface area (Å²) in [4.78, 5) is 18.7. The van der Waals surface area contributed by atoms with Gasteiger partial charge in [-0.15, -0.1) is 0 Å². The van der Waals surface area contributed by atoms with Crippen molar-refractivity contribution in [2.24, 2.45) is 0 Å². The van der Waals surface area contributed by atoms with E-state index in [0.717, 1.165) is 5.56 Å². The van der Waals surface area contributed by atoms with Crippen molar-refractivity contribution >= 4 is 17.5 Å². The predicted octanol–water partition coefficient (Wildman–Crippen LogP) is 3.09. The molecule has 2 heterocycles. The predicted molar refractivity (Wildman–Crippen MR) is 87.4 cm³/mol. The number of carbonyl (C=O) groups excluding carboxylic acids is 1. The molecule has 5 nitrogen and oxygen atoms in total. The third-order valence-corrected chi connectivity index (χ3v) is 4.24. The number of ether oxygens (including phenoxy) is 1. The number of amides is 1. The van der Waals surface area contributed by atoms with Gasteiger partial charge in [-0.2, -0.15) is 0 Å². The molecule has 3 rings (SSSR count). The number of halogens is 1. The fraction of sp³-hybridized carbons (Fsp3) is 0.412. The molecule has 1 atom stereocenters. The van der Waals surface area contributed by atoms with Crippen molar-refractivity contribution in [2.75, 3.05) is 19.7 Å². The maximum atomic E-state index is 12.4. The molecule has 1 aliphatic rings. The van der Waals surface area contributed by atoms with Gasteiger partial charge in [0, 0.05) is 13.1 Å². The van der Waals surface area contributed by atoms with Crippen molar-refractivity contribution in [3.8, 4) is 11.5 Å². The van der Waals surface area contributed by atoms with Crippen LogP contribution < -0.4 is 0 Å². The first-order valence-corrected chi connectivity index (χ1v) is 8.03. The molecule has 2 aromatic rings. The second-order valence-corrected chi connectivity index (χ2v) is 6.11. The third-order valence-electron chi connectivity index (χ3n) is 3.91. The van der Waals surface area contributed by atoms with E-state index >= 15 is 0 Å². The second kappa shape index (κ2) is 6.72. The van der Waals surface area contributed by atoms with Crippen LogP contribution in [-0.2, 0) is 16.0 Å². The SMILES string of the molecule is Cc1oc(-c2ccccc2Cl)nc1CC(=O)N1CCOC(C)C1. The molecule has 1 aromatic carbocycles. The maximum absolute atomic E-state index is 12.4. The number of aryl methyl sites for hydroxylation is 1. The minimum absolute atomic E-state index is 0.0438. The van der Waals surface area contributed by atoms with Crippen molar-refractivity contribution in [1.82, 2.24) is 9.88 Å². The van der Waals surface area contributed by atoms with E-state index in [2.05, 4.69) is 4.98 Å². The number of hydrogen-bond donors (Lipinski definition) is 0. The van der Waals surface area contributed by atoms with E-state index in [1.54, 1.807) is 6.07 Å². The van der Waals surface area contributed by atoms with Gasteiger partial charge in [-0.05, 0) is 26.0 Å². The van der Waals surface area contributed by atoms with Gasteiger partial charge in [0.05, 0.1) is 35.4 Å². The zero-order chi connectivity index (χ0) is 16.4. The molecule has 1 fully saturated rings. The average Bonchev–Trinajstić information content (AvgIpc) is 2.88. The lowest BCUT2D eigenvalue weighted by molar-refractivity contribution is -0.137. The third kappa shape index (κ3) is 3.57. The quantitative estimate of drug-likeness (QED) is 0.865. The lowest BCUT2D eigenvalue weighted by Gasteiger charge is -2.31. The van der Waals surface area contributed by atoms with Crippen LogP contribution in [0.3, 0.4) is 0 Å². The van der Waals surface area contributed by atoms with Crippen molar-refractivity contribution in [3.05, 3.63) is 40.7 Å². The molecular weight excluding hydrogens is 316 g/mol. The van der Waals surface area contributed by atoms with Crippen LogP contribution in [0.1, 0.15) is 18.4 Å². The van der Waals surface area contributed by atoms with Gasteiger partial charge < -0.3 is 14.1 Å². The van der Waals surface area contributed by atoms with Crippen molar-refractivity contribution in [1.29, 1.82) is 0 Å². The zero-order valence-electron chi connectivity index (χ0n) is 13.2. The number of aromatic nitrogens is 1. The Morgan fingerprint density at radius 2 is 2.22 bits per heavy atom. The Morgan fingerprint density at radius 3 is 2.96 bits per heavy atom. The summed E-state index contributed by atoms with van der Waals surface area (Å²) in [6, 6.07) is 7.37. The van der Waals surface area contributed by atoms with Crippen LogP contribution in [0.2, 0.25) is 5.02 Å². The van der Waals surface area contributed by atoms with Crippen LogP contribution in [0.15, 0.2) is 28.7 Å². The molecule has 0 bridgehead atoms. The Bertz CT molecular complexity index is 714. The lowest BCUT2D eigenvalue weighted by atomic mass is 10.2. The smallest absolute Gasteiger partial charge is 0.228 e. The highest BCUT2D eigenvalue weighted by molar-refractivity contribution is 6.33. The highest BCUT2D eigenvalue weighted by Crippen LogP contribution is 2.28. The Labute approximate surface area is 140 Å². The van der Waals surface area contributed by atoms with Crippen LogP contribution in [0, 0.1) is 6.92 Å². The van der Waals surface area contributed by atoms with Gasteiger partial charge in [0.25, 0.3) is 0 Å². The van der Waals surface area contributed by atoms with Gasteiger partial charge in [-0.1, -0.05) is 23.7 Å². The monoisotopic (exact) mass is 334 g/mol. The molecule has 1 aromatic heterocycles. The molecule has 0 radical (unpaired) electrons. The second-order valence-electron chi connectivity index (χ2n) is 5.70. The van der Waals surface area contributed by atoms with Crippen molar-refractivity contribution < 1.29 is 13.9 Å². The molecule has 1 saturated heterocycles. The molecule has 23 heavy (non-hydrogen) atoms. The minimum atomic E-state index is 0.0438. The fourth-order valence-electron chi connectivity index (χ4n) is 2.64. The normalized spacial score (nSPS) is 18.2. The molecule has 0 aliphatic carbocycles. The number of nitrogens with zero attached hydrogens (tertiary/aromatic N) is 2. The van der Waals surface area contributed by atoms with Gasteiger partial charge in [0.15, 0.2) is 0 Å². The van der Waals surface area contributed by atoms with Crippen molar-refractivity contribution in [3.63, 3.8) is 0 Å². The molecule has 1 amide bonds. The van der Waals surface area contributed by atoms with E-state index in [-0.39, 0.29) is 18.4 Å². The first-order chi connectivity index (χ1) is 11.0. The van der Waals surface area contributed by atoms with Crippen LogP contribution in [-0.4, -0.2) is 41.6 Å². The summed E-state index contributed by atoms with van der Waals surface area (Å²) in [6.45, 7) is 5.61. The molecule has 0 saturated carbocycles. The number of oxazole rings is 1. The summed E-state index contributed by atoms with van der Waals surface area (Å²) in [5, 5.41) is 0.577. The molecule has 0 spiro atoms. The molecular formula is C17H19ClN2O3. The van der Waals surface area contributed by atoms with Gasteiger partial charge in [0.2, 0.25) is 11.8 Å². The van der Waals surface area contributed by atoms with E-state index in [4.69, 9.17) is 20.8 Å². The zero-order valence-corrected chi connectivity index (χ0v) is 14.0. The first-order valence-electron chi connectivity index (χ1n) is 7.65. The average molecular weight is 335 g/mol. The summed E-state index contributed by atoms with van der Waals surface area (Å²) >= 11 is 6.17. The number of morpholine rings is 1. The molecule has 1 unspecified atom stereocenters. The van der Waals surface area contributed by atoms with E-state index in [0.29, 0.717) is 42.1 Å². The largest absolute Gasteiger partial charge is 0.441 e. The number of benzene rings is 1. The van der Waals surface area contributed by atoms with Gasteiger partial charge in [0.1, 0.15) is 5.76 Å². The van der Waals surface area contributed by atoms with Gasteiger partial charge in [-0.25, -0.2) is 4.98 Å². The topological polar surface area (TPSA) is 55.6 Å².